The number of carboxylic acid groups (broad SMARTS) is 1. The highest BCUT2D eigenvalue weighted by molar-refractivity contribution is 9.09. The third kappa shape index (κ3) is 11.9. The summed E-state index contributed by atoms with van der Waals surface area (Å²) in [6.45, 7) is 1.66. The van der Waals surface area contributed by atoms with Crippen LogP contribution in [0.3, 0.4) is 0 Å². The second-order valence-electron chi connectivity index (χ2n) is 4.50. The molecule has 0 aromatic heterocycles. The van der Waals surface area contributed by atoms with Gasteiger partial charge in [-0.05, 0) is 26.2 Å². The molecule has 0 spiro atoms. The van der Waals surface area contributed by atoms with Gasteiger partial charge in [0, 0.05) is 10.9 Å². The van der Waals surface area contributed by atoms with Crippen LogP contribution in [0, 0.1) is 0 Å². The van der Waals surface area contributed by atoms with E-state index in [1.807, 2.05) is 6.08 Å². The predicted octanol–water partition coefficient (Wildman–Crippen LogP) is 4.92. The van der Waals surface area contributed by atoms with Gasteiger partial charge >= 0.3 is 5.97 Å². The standard InChI is InChI=1S/C14H25BrO2/c1-13(14(16)17)11-9-7-5-3-2-4-6-8-10-12-15/h11H,2-10,12H2,1H3,(H,16,17). The van der Waals surface area contributed by atoms with Crippen LogP contribution in [0.15, 0.2) is 11.6 Å². The molecule has 100 valence electrons. The molecule has 2 nitrogen and oxygen atoms in total. The molecule has 0 aliphatic heterocycles. The summed E-state index contributed by atoms with van der Waals surface area (Å²) in [7, 11) is 0. The van der Waals surface area contributed by atoms with Crippen molar-refractivity contribution in [3.8, 4) is 0 Å². The van der Waals surface area contributed by atoms with E-state index < -0.39 is 5.97 Å². The molecule has 0 fully saturated rings. The molecule has 0 bridgehead atoms. The van der Waals surface area contributed by atoms with Crippen molar-refractivity contribution >= 4 is 21.9 Å². The fourth-order valence-electron chi connectivity index (χ4n) is 1.71. The molecule has 3 heteroatoms. The zero-order valence-corrected chi connectivity index (χ0v) is 12.5. The number of unbranched alkanes of at least 4 members (excludes halogenated alkanes) is 8. The zero-order chi connectivity index (χ0) is 12.9. The summed E-state index contributed by atoms with van der Waals surface area (Å²) in [4.78, 5) is 10.5. The predicted molar refractivity (Wildman–Crippen MR) is 76.7 cm³/mol. The number of allylic oxidation sites excluding steroid dienone is 1. The summed E-state index contributed by atoms with van der Waals surface area (Å²) >= 11 is 3.44. The molecule has 0 atom stereocenters. The van der Waals surface area contributed by atoms with Gasteiger partial charge in [0.25, 0.3) is 0 Å². The molecule has 0 amide bonds. The Kier molecular flexibility index (Phi) is 11.9. The summed E-state index contributed by atoms with van der Waals surface area (Å²) in [5.41, 5.74) is 0.472. The molecular formula is C14H25BrO2. The highest BCUT2D eigenvalue weighted by Gasteiger charge is 1.97. The van der Waals surface area contributed by atoms with Gasteiger partial charge in [0.15, 0.2) is 0 Å². The second-order valence-corrected chi connectivity index (χ2v) is 5.29. The van der Waals surface area contributed by atoms with Crippen LogP contribution < -0.4 is 0 Å². The summed E-state index contributed by atoms with van der Waals surface area (Å²) in [5.74, 6) is -0.795. The number of halogens is 1. The van der Waals surface area contributed by atoms with Crippen LogP contribution >= 0.6 is 15.9 Å². The Balaban J connectivity index is 3.19. The Hall–Kier alpha value is -0.310. The number of hydrogen-bond donors (Lipinski definition) is 1. The first-order chi connectivity index (χ1) is 8.18. The van der Waals surface area contributed by atoms with E-state index in [4.69, 9.17) is 5.11 Å². The van der Waals surface area contributed by atoms with E-state index in [-0.39, 0.29) is 0 Å². The van der Waals surface area contributed by atoms with Crippen molar-refractivity contribution in [1.82, 2.24) is 0 Å². The number of alkyl halides is 1. The third-order valence-corrected chi connectivity index (χ3v) is 3.44. The SMILES string of the molecule is CC(=CCCCCCCCCCCBr)C(=O)O. The van der Waals surface area contributed by atoms with Gasteiger partial charge in [-0.1, -0.05) is 60.5 Å². The Morgan fingerprint density at radius 2 is 1.47 bits per heavy atom. The van der Waals surface area contributed by atoms with Gasteiger partial charge in [-0.25, -0.2) is 4.79 Å². The molecule has 0 heterocycles. The summed E-state index contributed by atoms with van der Waals surface area (Å²) in [6.07, 6.45) is 13.0. The Morgan fingerprint density at radius 3 is 1.94 bits per heavy atom. The first-order valence-electron chi connectivity index (χ1n) is 6.64. The maximum absolute atomic E-state index is 10.5. The first kappa shape index (κ1) is 16.7. The average molecular weight is 305 g/mol. The monoisotopic (exact) mass is 304 g/mol. The van der Waals surface area contributed by atoms with Gasteiger partial charge in [0.2, 0.25) is 0 Å². The maximum atomic E-state index is 10.5. The molecule has 17 heavy (non-hydrogen) atoms. The summed E-state index contributed by atoms with van der Waals surface area (Å²) in [6, 6.07) is 0. The van der Waals surface area contributed by atoms with Crippen LogP contribution in [-0.4, -0.2) is 16.4 Å². The molecule has 0 rings (SSSR count). The number of carbonyl (C=O) groups is 1. The Bertz CT molecular complexity index is 224. The molecule has 0 aliphatic rings. The van der Waals surface area contributed by atoms with Gasteiger partial charge in [-0.3, -0.25) is 0 Å². The smallest absolute Gasteiger partial charge is 0.330 e. The second kappa shape index (κ2) is 12.2. The minimum atomic E-state index is -0.795. The fourth-order valence-corrected chi connectivity index (χ4v) is 2.10. The van der Waals surface area contributed by atoms with Crippen LogP contribution in [0.25, 0.3) is 0 Å². The van der Waals surface area contributed by atoms with Gasteiger partial charge in [-0.15, -0.1) is 0 Å². The third-order valence-electron chi connectivity index (χ3n) is 2.88. The molecule has 0 saturated carbocycles. The molecule has 0 radical (unpaired) electrons. The summed E-state index contributed by atoms with van der Waals surface area (Å²) < 4.78 is 0. The molecule has 0 unspecified atom stereocenters. The lowest BCUT2D eigenvalue weighted by molar-refractivity contribution is -0.132. The van der Waals surface area contributed by atoms with Gasteiger partial charge in [0.1, 0.15) is 0 Å². The topological polar surface area (TPSA) is 37.3 Å². The van der Waals surface area contributed by atoms with Crippen LogP contribution in [0.1, 0.15) is 64.7 Å². The van der Waals surface area contributed by atoms with Gasteiger partial charge in [-0.2, -0.15) is 0 Å². The van der Waals surface area contributed by atoms with Crippen molar-refractivity contribution in [3.63, 3.8) is 0 Å². The average Bonchev–Trinajstić information content (AvgIpc) is 2.31. The van der Waals surface area contributed by atoms with Crippen molar-refractivity contribution in [2.45, 2.75) is 64.7 Å². The Labute approximate surface area is 114 Å². The fraction of sp³-hybridized carbons (Fsp3) is 0.786. The zero-order valence-electron chi connectivity index (χ0n) is 10.9. The lowest BCUT2D eigenvalue weighted by atomic mass is 10.1. The minimum Gasteiger partial charge on any atom is -0.478 e. The highest BCUT2D eigenvalue weighted by Crippen LogP contribution is 2.11. The largest absolute Gasteiger partial charge is 0.478 e. The minimum absolute atomic E-state index is 0.472. The highest BCUT2D eigenvalue weighted by atomic mass is 79.9. The molecule has 0 aliphatic carbocycles. The van der Waals surface area contributed by atoms with E-state index in [1.54, 1.807) is 6.92 Å². The van der Waals surface area contributed by atoms with E-state index in [9.17, 15) is 4.79 Å². The lowest BCUT2D eigenvalue weighted by Gasteiger charge is -2.00. The van der Waals surface area contributed by atoms with Crippen LogP contribution in [-0.2, 0) is 4.79 Å². The van der Waals surface area contributed by atoms with Crippen LogP contribution in [0.5, 0.6) is 0 Å². The van der Waals surface area contributed by atoms with Crippen molar-refractivity contribution in [2.75, 3.05) is 5.33 Å². The number of hydrogen-bond acceptors (Lipinski definition) is 1. The van der Waals surface area contributed by atoms with Crippen molar-refractivity contribution in [2.24, 2.45) is 0 Å². The molecule has 0 aromatic carbocycles. The van der Waals surface area contributed by atoms with Crippen molar-refractivity contribution < 1.29 is 9.90 Å². The molecular weight excluding hydrogens is 280 g/mol. The van der Waals surface area contributed by atoms with E-state index in [0.717, 1.165) is 18.2 Å². The van der Waals surface area contributed by atoms with Crippen molar-refractivity contribution in [3.05, 3.63) is 11.6 Å². The first-order valence-corrected chi connectivity index (χ1v) is 7.76. The van der Waals surface area contributed by atoms with E-state index >= 15 is 0 Å². The van der Waals surface area contributed by atoms with E-state index in [2.05, 4.69) is 15.9 Å². The van der Waals surface area contributed by atoms with Crippen molar-refractivity contribution in [1.29, 1.82) is 0 Å². The molecule has 0 aromatic rings. The Morgan fingerprint density at radius 1 is 1.00 bits per heavy atom. The van der Waals surface area contributed by atoms with Gasteiger partial charge in [0.05, 0.1) is 0 Å². The summed E-state index contributed by atoms with van der Waals surface area (Å²) in [5, 5.41) is 9.78. The maximum Gasteiger partial charge on any atom is 0.330 e. The van der Waals surface area contributed by atoms with E-state index in [1.165, 1.54) is 44.9 Å². The molecule has 1 N–H and O–H groups in total. The number of carboxylic acids is 1. The normalized spacial score (nSPS) is 11.8. The quantitative estimate of drug-likeness (QED) is 0.334. The van der Waals surface area contributed by atoms with Crippen LogP contribution in [0.2, 0.25) is 0 Å². The number of aliphatic carboxylic acids is 1. The van der Waals surface area contributed by atoms with Crippen LogP contribution in [0.4, 0.5) is 0 Å². The number of rotatable bonds is 11. The molecule has 0 saturated heterocycles. The lowest BCUT2D eigenvalue weighted by Crippen LogP contribution is -1.95. The van der Waals surface area contributed by atoms with E-state index in [0.29, 0.717) is 5.57 Å². The van der Waals surface area contributed by atoms with Gasteiger partial charge < -0.3 is 5.11 Å².